The summed E-state index contributed by atoms with van der Waals surface area (Å²) in [7, 11) is 1.81. The number of thioether (sulfide) groups is 1. The SMILES string of the molecule is CCn1c(S[C@H](C)C(=O)N(C)c2ccccc2)nnc1C1CC1. The molecule has 1 amide bonds. The number of hydrogen-bond acceptors (Lipinski definition) is 4. The highest BCUT2D eigenvalue weighted by molar-refractivity contribution is 8.00. The van der Waals surface area contributed by atoms with E-state index in [2.05, 4.69) is 21.7 Å². The van der Waals surface area contributed by atoms with Crippen molar-refractivity contribution in [3.63, 3.8) is 0 Å². The van der Waals surface area contributed by atoms with Crippen LogP contribution in [0.5, 0.6) is 0 Å². The van der Waals surface area contributed by atoms with E-state index in [0.29, 0.717) is 5.92 Å². The molecule has 3 rings (SSSR count). The van der Waals surface area contributed by atoms with E-state index in [4.69, 9.17) is 0 Å². The van der Waals surface area contributed by atoms with E-state index in [9.17, 15) is 4.79 Å². The molecule has 0 bridgehead atoms. The Labute approximate surface area is 141 Å². The van der Waals surface area contributed by atoms with Gasteiger partial charge in [-0.1, -0.05) is 30.0 Å². The molecule has 6 heteroatoms. The summed E-state index contributed by atoms with van der Waals surface area (Å²) < 4.78 is 2.15. The summed E-state index contributed by atoms with van der Waals surface area (Å²) in [5.74, 6) is 1.71. The van der Waals surface area contributed by atoms with Crippen LogP contribution in [-0.4, -0.2) is 33.0 Å². The first kappa shape index (κ1) is 16.1. The molecular formula is C17H22N4OS. The van der Waals surface area contributed by atoms with Crippen LogP contribution in [0.3, 0.4) is 0 Å². The molecule has 0 unspecified atom stereocenters. The summed E-state index contributed by atoms with van der Waals surface area (Å²) in [6.07, 6.45) is 2.40. The maximum Gasteiger partial charge on any atom is 0.240 e. The summed E-state index contributed by atoms with van der Waals surface area (Å²) in [5.41, 5.74) is 0.903. The number of carbonyl (C=O) groups excluding carboxylic acids is 1. The molecule has 0 saturated heterocycles. The van der Waals surface area contributed by atoms with Crippen LogP contribution < -0.4 is 4.90 Å². The summed E-state index contributed by atoms with van der Waals surface area (Å²) in [5, 5.41) is 9.28. The van der Waals surface area contributed by atoms with Gasteiger partial charge in [0.2, 0.25) is 5.91 Å². The third-order valence-corrected chi connectivity index (χ3v) is 5.18. The first-order valence-electron chi connectivity index (χ1n) is 8.04. The van der Waals surface area contributed by atoms with Crippen LogP contribution in [0.1, 0.15) is 38.4 Å². The molecule has 1 fully saturated rings. The van der Waals surface area contributed by atoms with Gasteiger partial charge in [-0.15, -0.1) is 10.2 Å². The van der Waals surface area contributed by atoms with Crippen LogP contribution in [0.25, 0.3) is 0 Å². The third-order valence-electron chi connectivity index (χ3n) is 4.11. The summed E-state index contributed by atoms with van der Waals surface area (Å²) in [6, 6.07) is 9.70. The number of carbonyl (C=O) groups is 1. The normalized spacial score (nSPS) is 15.4. The van der Waals surface area contributed by atoms with Crippen LogP contribution in [0.15, 0.2) is 35.5 Å². The molecule has 2 aromatic rings. The van der Waals surface area contributed by atoms with Gasteiger partial charge in [0, 0.05) is 25.2 Å². The number of anilines is 1. The average Bonchev–Trinajstić information content (AvgIpc) is 3.35. The van der Waals surface area contributed by atoms with E-state index in [1.54, 1.807) is 4.90 Å². The van der Waals surface area contributed by atoms with Crippen LogP contribution in [0.4, 0.5) is 5.69 Å². The van der Waals surface area contributed by atoms with Gasteiger partial charge >= 0.3 is 0 Å². The smallest absolute Gasteiger partial charge is 0.240 e. The van der Waals surface area contributed by atoms with Crippen LogP contribution in [0, 0.1) is 0 Å². The Morgan fingerprint density at radius 2 is 2.04 bits per heavy atom. The number of para-hydroxylation sites is 1. The number of hydrogen-bond donors (Lipinski definition) is 0. The molecule has 1 saturated carbocycles. The Bertz CT molecular complexity index is 681. The Hall–Kier alpha value is -1.82. The molecule has 0 radical (unpaired) electrons. The van der Waals surface area contributed by atoms with Gasteiger partial charge in [-0.2, -0.15) is 0 Å². The number of amides is 1. The molecular weight excluding hydrogens is 308 g/mol. The van der Waals surface area contributed by atoms with Gasteiger partial charge in [0.15, 0.2) is 5.16 Å². The van der Waals surface area contributed by atoms with Gasteiger partial charge in [-0.3, -0.25) is 4.79 Å². The fourth-order valence-electron chi connectivity index (χ4n) is 2.59. The van der Waals surface area contributed by atoms with Gasteiger partial charge in [0.05, 0.1) is 5.25 Å². The lowest BCUT2D eigenvalue weighted by molar-refractivity contribution is -0.117. The fourth-order valence-corrected chi connectivity index (χ4v) is 3.60. The van der Waals surface area contributed by atoms with E-state index < -0.39 is 0 Å². The third kappa shape index (κ3) is 3.42. The maximum atomic E-state index is 12.6. The molecule has 1 aromatic heterocycles. The van der Waals surface area contributed by atoms with Crippen molar-refractivity contribution in [3.05, 3.63) is 36.2 Å². The molecule has 1 heterocycles. The standard InChI is InChI=1S/C17H22N4OS/c1-4-21-15(13-10-11-13)18-19-17(21)23-12(2)16(22)20(3)14-8-6-5-7-9-14/h5-9,12-13H,4,10-11H2,1-3H3/t12-/m1/s1. The molecule has 1 aliphatic carbocycles. The lowest BCUT2D eigenvalue weighted by Crippen LogP contribution is -2.33. The topological polar surface area (TPSA) is 51.0 Å². The second-order valence-electron chi connectivity index (χ2n) is 5.85. The Kier molecular flexibility index (Phi) is 4.71. The first-order chi connectivity index (χ1) is 11.1. The molecule has 1 aliphatic rings. The second kappa shape index (κ2) is 6.74. The van der Waals surface area contributed by atoms with E-state index in [-0.39, 0.29) is 11.2 Å². The number of aromatic nitrogens is 3. The van der Waals surface area contributed by atoms with Crippen molar-refractivity contribution in [3.8, 4) is 0 Å². The first-order valence-corrected chi connectivity index (χ1v) is 8.92. The van der Waals surface area contributed by atoms with Gasteiger partial charge in [-0.25, -0.2) is 0 Å². The minimum absolute atomic E-state index is 0.0693. The minimum Gasteiger partial charge on any atom is -0.315 e. The highest BCUT2D eigenvalue weighted by Crippen LogP contribution is 2.40. The minimum atomic E-state index is -0.207. The van der Waals surface area contributed by atoms with Crippen molar-refractivity contribution in [1.29, 1.82) is 0 Å². The average molecular weight is 330 g/mol. The monoisotopic (exact) mass is 330 g/mol. The second-order valence-corrected chi connectivity index (χ2v) is 7.16. The van der Waals surface area contributed by atoms with Gasteiger partial charge in [0.1, 0.15) is 5.82 Å². The Balaban J connectivity index is 1.71. The highest BCUT2D eigenvalue weighted by Gasteiger charge is 2.31. The maximum absolute atomic E-state index is 12.6. The molecule has 1 aromatic carbocycles. The van der Waals surface area contributed by atoms with Gasteiger partial charge in [0.25, 0.3) is 0 Å². The zero-order chi connectivity index (χ0) is 16.4. The lowest BCUT2D eigenvalue weighted by atomic mass is 10.3. The summed E-state index contributed by atoms with van der Waals surface area (Å²) >= 11 is 1.49. The zero-order valence-corrected chi connectivity index (χ0v) is 14.6. The van der Waals surface area contributed by atoms with Crippen molar-refractivity contribution >= 4 is 23.4 Å². The molecule has 0 spiro atoms. The van der Waals surface area contributed by atoms with Crippen LogP contribution in [-0.2, 0) is 11.3 Å². The summed E-state index contributed by atoms with van der Waals surface area (Å²) in [6.45, 7) is 4.87. The molecule has 23 heavy (non-hydrogen) atoms. The Morgan fingerprint density at radius 1 is 1.35 bits per heavy atom. The van der Waals surface area contributed by atoms with E-state index in [0.717, 1.165) is 23.2 Å². The molecule has 1 atom stereocenters. The molecule has 0 aliphatic heterocycles. The fraction of sp³-hybridized carbons (Fsp3) is 0.471. The van der Waals surface area contributed by atoms with E-state index in [1.165, 1.54) is 24.6 Å². The van der Waals surface area contributed by atoms with Crippen LogP contribution in [0.2, 0.25) is 0 Å². The van der Waals surface area contributed by atoms with Crippen molar-refractivity contribution in [2.24, 2.45) is 0 Å². The van der Waals surface area contributed by atoms with Crippen molar-refractivity contribution in [1.82, 2.24) is 14.8 Å². The highest BCUT2D eigenvalue weighted by atomic mass is 32.2. The van der Waals surface area contributed by atoms with Crippen molar-refractivity contribution < 1.29 is 4.79 Å². The van der Waals surface area contributed by atoms with Crippen molar-refractivity contribution in [2.75, 3.05) is 11.9 Å². The number of rotatable bonds is 6. The molecule has 5 nitrogen and oxygen atoms in total. The number of nitrogens with zero attached hydrogens (tertiary/aromatic N) is 4. The van der Waals surface area contributed by atoms with Gasteiger partial charge in [-0.05, 0) is 38.8 Å². The number of benzene rings is 1. The Morgan fingerprint density at radius 3 is 2.65 bits per heavy atom. The van der Waals surface area contributed by atoms with E-state index >= 15 is 0 Å². The predicted molar refractivity (Wildman–Crippen MR) is 92.8 cm³/mol. The largest absolute Gasteiger partial charge is 0.315 e. The van der Waals surface area contributed by atoms with Gasteiger partial charge < -0.3 is 9.47 Å². The predicted octanol–water partition coefficient (Wildman–Crippen LogP) is 3.32. The quantitative estimate of drug-likeness (QED) is 0.763. The molecule has 122 valence electrons. The zero-order valence-electron chi connectivity index (χ0n) is 13.8. The van der Waals surface area contributed by atoms with Crippen molar-refractivity contribution in [2.45, 2.75) is 49.6 Å². The summed E-state index contributed by atoms with van der Waals surface area (Å²) in [4.78, 5) is 14.3. The lowest BCUT2D eigenvalue weighted by Gasteiger charge is -2.21. The van der Waals surface area contributed by atoms with E-state index in [1.807, 2.05) is 44.3 Å². The van der Waals surface area contributed by atoms with Crippen LogP contribution >= 0.6 is 11.8 Å². The molecule has 0 N–H and O–H groups in total.